The van der Waals surface area contributed by atoms with Crippen LogP contribution in [0.1, 0.15) is 17.5 Å². The number of aromatic nitrogens is 1. The summed E-state index contributed by atoms with van der Waals surface area (Å²) in [6.45, 7) is 1.73. The Bertz CT molecular complexity index is 928. The van der Waals surface area contributed by atoms with Gasteiger partial charge in [-0.05, 0) is 30.5 Å². The Labute approximate surface area is 153 Å². The SMILES string of the molecule is CC(C(=O)NCc1cccs1)S(=O)(=O)Cc1csc(-c2ccco2)n1. The summed E-state index contributed by atoms with van der Waals surface area (Å²) in [6, 6.07) is 7.27. The first-order valence-corrected chi connectivity index (χ1v) is 10.9. The standard InChI is InChI=1S/C16H16N2O4S3/c1-11(15(19)17-8-13-4-3-7-23-13)25(20,21)10-12-9-24-16(18-12)14-5-2-6-22-14/h2-7,9,11H,8,10H2,1H3,(H,17,19). The zero-order chi connectivity index (χ0) is 17.9. The molecular weight excluding hydrogens is 380 g/mol. The second kappa shape index (κ2) is 7.51. The Kier molecular flexibility index (Phi) is 5.36. The van der Waals surface area contributed by atoms with E-state index in [4.69, 9.17) is 4.42 Å². The minimum atomic E-state index is -3.65. The zero-order valence-corrected chi connectivity index (χ0v) is 15.8. The maximum atomic E-state index is 12.5. The highest BCUT2D eigenvalue weighted by Crippen LogP contribution is 2.25. The number of rotatable bonds is 7. The number of hydrogen-bond acceptors (Lipinski definition) is 7. The summed E-state index contributed by atoms with van der Waals surface area (Å²) < 4.78 is 30.2. The molecule has 0 radical (unpaired) electrons. The van der Waals surface area contributed by atoms with Crippen LogP contribution in [0.5, 0.6) is 0 Å². The molecule has 25 heavy (non-hydrogen) atoms. The molecule has 0 fully saturated rings. The summed E-state index contributed by atoms with van der Waals surface area (Å²) in [6.07, 6.45) is 1.53. The lowest BCUT2D eigenvalue weighted by Crippen LogP contribution is -2.38. The van der Waals surface area contributed by atoms with Crippen LogP contribution in [0.3, 0.4) is 0 Å². The van der Waals surface area contributed by atoms with Gasteiger partial charge in [-0.1, -0.05) is 6.07 Å². The first kappa shape index (κ1) is 17.8. The first-order valence-electron chi connectivity index (χ1n) is 7.45. The number of sulfone groups is 1. The molecule has 3 rings (SSSR count). The Morgan fingerprint density at radius 1 is 1.32 bits per heavy atom. The highest BCUT2D eigenvalue weighted by molar-refractivity contribution is 7.92. The fourth-order valence-corrected chi connectivity index (χ4v) is 4.87. The highest BCUT2D eigenvalue weighted by Gasteiger charge is 2.29. The molecule has 1 amide bonds. The van der Waals surface area contributed by atoms with Gasteiger partial charge < -0.3 is 9.73 Å². The van der Waals surface area contributed by atoms with Gasteiger partial charge in [0.15, 0.2) is 20.6 Å². The molecular formula is C16H16N2O4S3. The van der Waals surface area contributed by atoms with Gasteiger partial charge >= 0.3 is 0 Å². The molecule has 1 atom stereocenters. The molecule has 0 aromatic carbocycles. The Balaban J connectivity index is 1.63. The molecule has 3 aromatic heterocycles. The monoisotopic (exact) mass is 396 g/mol. The van der Waals surface area contributed by atoms with Crippen LogP contribution in [-0.4, -0.2) is 24.6 Å². The normalized spacial score (nSPS) is 12.8. The summed E-state index contributed by atoms with van der Waals surface area (Å²) >= 11 is 2.81. The van der Waals surface area contributed by atoms with Crippen molar-refractivity contribution in [3.63, 3.8) is 0 Å². The maximum Gasteiger partial charge on any atom is 0.238 e. The summed E-state index contributed by atoms with van der Waals surface area (Å²) in [7, 11) is -3.65. The molecule has 9 heteroatoms. The number of thiazole rings is 1. The molecule has 3 aromatic rings. The van der Waals surface area contributed by atoms with Crippen LogP contribution < -0.4 is 5.32 Å². The Morgan fingerprint density at radius 3 is 2.84 bits per heavy atom. The van der Waals surface area contributed by atoms with Gasteiger partial charge in [0.25, 0.3) is 0 Å². The second-order valence-corrected chi connectivity index (χ2v) is 9.58. The van der Waals surface area contributed by atoms with Gasteiger partial charge in [-0.15, -0.1) is 22.7 Å². The van der Waals surface area contributed by atoms with Crippen LogP contribution in [0, 0.1) is 0 Å². The third kappa shape index (κ3) is 4.36. The number of nitrogens with one attached hydrogen (secondary N) is 1. The lowest BCUT2D eigenvalue weighted by molar-refractivity contribution is -0.120. The van der Waals surface area contributed by atoms with E-state index in [-0.39, 0.29) is 5.75 Å². The van der Waals surface area contributed by atoms with E-state index in [1.807, 2.05) is 17.5 Å². The molecule has 0 aliphatic heterocycles. The summed E-state index contributed by atoms with van der Waals surface area (Å²) in [5.74, 6) is -0.192. The van der Waals surface area contributed by atoms with Gasteiger partial charge in [0.05, 0.1) is 24.3 Å². The third-order valence-electron chi connectivity index (χ3n) is 3.56. The summed E-state index contributed by atoms with van der Waals surface area (Å²) in [4.78, 5) is 17.4. The summed E-state index contributed by atoms with van der Waals surface area (Å²) in [5, 5.41) is 5.72. The molecule has 132 valence electrons. The smallest absolute Gasteiger partial charge is 0.238 e. The second-order valence-electron chi connectivity index (χ2n) is 5.37. The van der Waals surface area contributed by atoms with Gasteiger partial charge in [-0.2, -0.15) is 0 Å². The van der Waals surface area contributed by atoms with Crippen molar-refractivity contribution in [1.82, 2.24) is 10.3 Å². The van der Waals surface area contributed by atoms with Gasteiger partial charge in [0, 0.05) is 10.3 Å². The quantitative estimate of drug-likeness (QED) is 0.663. The molecule has 0 aliphatic rings. The van der Waals surface area contributed by atoms with E-state index < -0.39 is 21.0 Å². The van der Waals surface area contributed by atoms with E-state index in [0.717, 1.165) is 4.88 Å². The van der Waals surface area contributed by atoms with Crippen LogP contribution >= 0.6 is 22.7 Å². The highest BCUT2D eigenvalue weighted by atomic mass is 32.2. The van der Waals surface area contributed by atoms with Crippen LogP contribution in [0.25, 0.3) is 10.8 Å². The maximum absolute atomic E-state index is 12.5. The molecule has 1 unspecified atom stereocenters. The lowest BCUT2D eigenvalue weighted by Gasteiger charge is -2.12. The van der Waals surface area contributed by atoms with Crippen molar-refractivity contribution in [3.8, 4) is 10.8 Å². The average Bonchev–Trinajstić information content (AvgIpc) is 3.32. The topological polar surface area (TPSA) is 89.3 Å². The number of nitrogens with zero attached hydrogens (tertiary/aromatic N) is 1. The molecule has 0 bridgehead atoms. The first-order chi connectivity index (χ1) is 12.0. The minimum absolute atomic E-state index is 0.280. The molecule has 0 saturated heterocycles. The van der Waals surface area contributed by atoms with E-state index >= 15 is 0 Å². The fraction of sp³-hybridized carbons (Fsp3) is 0.250. The van der Waals surface area contributed by atoms with Crippen molar-refractivity contribution >= 4 is 38.4 Å². The van der Waals surface area contributed by atoms with Gasteiger partial charge in [-0.3, -0.25) is 4.79 Å². The minimum Gasteiger partial charge on any atom is -0.462 e. The van der Waals surface area contributed by atoms with Crippen molar-refractivity contribution in [1.29, 1.82) is 0 Å². The van der Waals surface area contributed by atoms with Crippen molar-refractivity contribution in [2.75, 3.05) is 0 Å². The van der Waals surface area contributed by atoms with Crippen LogP contribution in [-0.2, 0) is 26.9 Å². The number of furan rings is 1. The molecule has 0 aliphatic carbocycles. The third-order valence-corrected chi connectivity index (χ3v) is 7.33. The zero-order valence-electron chi connectivity index (χ0n) is 13.3. The Morgan fingerprint density at radius 2 is 2.16 bits per heavy atom. The largest absolute Gasteiger partial charge is 0.462 e. The van der Waals surface area contributed by atoms with E-state index in [1.165, 1.54) is 35.9 Å². The Hall–Kier alpha value is -1.97. The molecule has 6 nitrogen and oxygen atoms in total. The van der Waals surface area contributed by atoms with Crippen LogP contribution in [0.4, 0.5) is 0 Å². The molecule has 1 N–H and O–H groups in total. The van der Waals surface area contributed by atoms with Crippen LogP contribution in [0.2, 0.25) is 0 Å². The van der Waals surface area contributed by atoms with Gasteiger partial charge in [-0.25, -0.2) is 13.4 Å². The molecule has 0 saturated carbocycles. The number of carbonyl (C=O) groups excluding carboxylic acids is 1. The van der Waals surface area contributed by atoms with Gasteiger partial charge in [0.2, 0.25) is 5.91 Å². The van der Waals surface area contributed by atoms with Crippen molar-refractivity contribution in [2.24, 2.45) is 0 Å². The average molecular weight is 397 g/mol. The molecule has 0 spiro atoms. The number of carbonyl (C=O) groups is 1. The predicted molar refractivity (Wildman–Crippen MR) is 98.1 cm³/mol. The van der Waals surface area contributed by atoms with Crippen molar-refractivity contribution in [2.45, 2.75) is 24.5 Å². The van der Waals surface area contributed by atoms with Crippen molar-refractivity contribution < 1.29 is 17.6 Å². The van der Waals surface area contributed by atoms with Crippen molar-refractivity contribution in [3.05, 3.63) is 51.9 Å². The van der Waals surface area contributed by atoms with Crippen LogP contribution in [0.15, 0.2) is 45.7 Å². The van der Waals surface area contributed by atoms with E-state index in [9.17, 15) is 13.2 Å². The fourth-order valence-electron chi connectivity index (χ4n) is 2.11. The lowest BCUT2D eigenvalue weighted by atomic mass is 10.4. The van der Waals surface area contributed by atoms with E-state index in [0.29, 0.717) is 23.0 Å². The molecule has 3 heterocycles. The van der Waals surface area contributed by atoms with E-state index in [1.54, 1.807) is 17.5 Å². The summed E-state index contributed by atoms with van der Waals surface area (Å²) in [5.41, 5.74) is 0.411. The van der Waals surface area contributed by atoms with E-state index in [2.05, 4.69) is 10.3 Å². The number of thiophene rings is 1. The number of amides is 1. The predicted octanol–water partition coefficient (Wildman–Crippen LogP) is 3.08. The van der Waals surface area contributed by atoms with Gasteiger partial charge in [0.1, 0.15) is 5.25 Å². The number of hydrogen-bond donors (Lipinski definition) is 1.